The van der Waals surface area contributed by atoms with E-state index in [-0.39, 0.29) is 5.91 Å². The van der Waals surface area contributed by atoms with E-state index >= 15 is 0 Å². The molecule has 3 rings (SSSR count). The van der Waals surface area contributed by atoms with Gasteiger partial charge in [-0.25, -0.2) is 4.98 Å². The van der Waals surface area contributed by atoms with E-state index in [1.54, 1.807) is 12.5 Å². The number of para-hydroxylation sites is 1. The van der Waals surface area contributed by atoms with E-state index in [0.717, 1.165) is 22.7 Å². The molecule has 5 heteroatoms. The number of ether oxygens (including phenoxy) is 1. The van der Waals surface area contributed by atoms with Crippen LogP contribution in [0.4, 0.5) is 5.69 Å². The maximum Gasteiger partial charge on any atom is 0.224 e. The van der Waals surface area contributed by atoms with Crippen LogP contribution in [0, 0.1) is 0 Å². The number of amides is 1. The lowest BCUT2D eigenvalue weighted by molar-refractivity contribution is -0.116. The summed E-state index contributed by atoms with van der Waals surface area (Å²) in [7, 11) is 0. The minimum Gasteiger partial charge on any atom is -0.494 e. The van der Waals surface area contributed by atoms with E-state index < -0.39 is 0 Å². The zero-order chi connectivity index (χ0) is 17.5. The average Bonchev–Trinajstić information content (AvgIpc) is 3.17. The Kier molecular flexibility index (Phi) is 5.46. The molecule has 5 nitrogen and oxygen atoms in total. The number of aromatic nitrogens is 2. The van der Waals surface area contributed by atoms with E-state index in [2.05, 4.69) is 10.3 Å². The summed E-state index contributed by atoms with van der Waals surface area (Å²) in [5, 5.41) is 2.93. The Morgan fingerprint density at radius 3 is 2.68 bits per heavy atom. The van der Waals surface area contributed by atoms with Gasteiger partial charge in [-0.1, -0.05) is 18.2 Å². The van der Waals surface area contributed by atoms with Gasteiger partial charge in [0.25, 0.3) is 0 Å². The predicted molar refractivity (Wildman–Crippen MR) is 98.1 cm³/mol. The number of benzene rings is 2. The largest absolute Gasteiger partial charge is 0.494 e. The van der Waals surface area contributed by atoms with Crippen molar-refractivity contribution in [3.63, 3.8) is 0 Å². The van der Waals surface area contributed by atoms with E-state index in [1.807, 2.05) is 66.2 Å². The smallest absolute Gasteiger partial charge is 0.224 e. The average molecular weight is 335 g/mol. The van der Waals surface area contributed by atoms with E-state index in [0.29, 0.717) is 19.4 Å². The van der Waals surface area contributed by atoms with Gasteiger partial charge in [0.15, 0.2) is 0 Å². The monoisotopic (exact) mass is 335 g/mol. The molecule has 1 N–H and O–H groups in total. The van der Waals surface area contributed by atoms with Gasteiger partial charge < -0.3 is 14.6 Å². The van der Waals surface area contributed by atoms with Crippen molar-refractivity contribution >= 4 is 11.6 Å². The van der Waals surface area contributed by atoms with Gasteiger partial charge in [0.1, 0.15) is 5.75 Å². The van der Waals surface area contributed by atoms with Crippen LogP contribution in [0.1, 0.15) is 18.9 Å². The summed E-state index contributed by atoms with van der Waals surface area (Å²) < 4.78 is 7.51. The van der Waals surface area contributed by atoms with E-state index in [9.17, 15) is 4.79 Å². The summed E-state index contributed by atoms with van der Waals surface area (Å²) in [5.74, 6) is 0.837. The quantitative estimate of drug-likeness (QED) is 0.714. The number of carbonyl (C=O) groups excluding carboxylic acids is 1. The van der Waals surface area contributed by atoms with Gasteiger partial charge >= 0.3 is 0 Å². The van der Waals surface area contributed by atoms with Crippen LogP contribution in [0.5, 0.6) is 5.75 Å². The predicted octanol–water partition coefficient (Wildman–Crippen LogP) is 3.84. The normalized spacial score (nSPS) is 10.4. The molecule has 0 atom stereocenters. The van der Waals surface area contributed by atoms with Crippen molar-refractivity contribution in [2.24, 2.45) is 0 Å². The second-order valence-electron chi connectivity index (χ2n) is 5.61. The molecule has 128 valence electrons. The van der Waals surface area contributed by atoms with Gasteiger partial charge in [-0.3, -0.25) is 4.79 Å². The number of rotatable bonds is 7. The van der Waals surface area contributed by atoms with Crippen LogP contribution < -0.4 is 10.1 Å². The molecular formula is C20H21N3O2. The zero-order valence-corrected chi connectivity index (χ0v) is 14.2. The van der Waals surface area contributed by atoms with Crippen LogP contribution in [0.2, 0.25) is 0 Å². The highest BCUT2D eigenvalue weighted by molar-refractivity contribution is 5.90. The van der Waals surface area contributed by atoms with Gasteiger partial charge in [-0.05, 0) is 49.2 Å². The highest BCUT2D eigenvalue weighted by atomic mass is 16.5. The third-order valence-corrected chi connectivity index (χ3v) is 3.85. The van der Waals surface area contributed by atoms with Gasteiger partial charge in [-0.15, -0.1) is 0 Å². The third-order valence-electron chi connectivity index (χ3n) is 3.85. The molecule has 1 amide bonds. The molecule has 0 aliphatic heterocycles. The standard InChI is InChI=1S/C20H21N3O2/c1-2-25-19-6-4-3-5-16(19)7-12-20(24)22-17-8-10-18(11-9-17)23-14-13-21-15-23/h3-6,8-11,13-15H,2,7,12H2,1H3,(H,22,24). The van der Waals surface area contributed by atoms with E-state index in [4.69, 9.17) is 4.74 Å². The summed E-state index contributed by atoms with van der Waals surface area (Å²) in [5.41, 5.74) is 2.84. The lowest BCUT2D eigenvalue weighted by atomic mass is 10.1. The second kappa shape index (κ2) is 8.15. The SMILES string of the molecule is CCOc1ccccc1CCC(=O)Nc1ccc(-n2ccnc2)cc1. The fourth-order valence-electron chi connectivity index (χ4n) is 2.61. The second-order valence-corrected chi connectivity index (χ2v) is 5.61. The number of anilines is 1. The molecule has 0 saturated heterocycles. The first-order chi connectivity index (χ1) is 12.3. The Morgan fingerprint density at radius 2 is 1.96 bits per heavy atom. The third kappa shape index (κ3) is 4.47. The van der Waals surface area contributed by atoms with Crippen LogP contribution in [0.15, 0.2) is 67.3 Å². The minimum absolute atomic E-state index is 0.0123. The highest BCUT2D eigenvalue weighted by Gasteiger charge is 2.07. The van der Waals surface area contributed by atoms with Crippen molar-refractivity contribution in [3.05, 3.63) is 72.8 Å². The summed E-state index contributed by atoms with van der Waals surface area (Å²) in [6.07, 6.45) is 6.41. The van der Waals surface area contributed by atoms with Crippen LogP contribution in [0.3, 0.4) is 0 Å². The number of carbonyl (C=O) groups is 1. The van der Waals surface area contributed by atoms with Gasteiger partial charge in [0.05, 0.1) is 12.9 Å². The van der Waals surface area contributed by atoms with Crippen molar-refractivity contribution in [2.75, 3.05) is 11.9 Å². The molecule has 0 fully saturated rings. The van der Waals surface area contributed by atoms with Crippen molar-refractivity contribution in [1.29, 1.82) is 0 Å². The number of hydrogen-bond donors (Lipinski definition) is 1. The molecule has 2 aromatic carbocycles. The molecule has 0 aliphatic rings. The zero-order valence-electron chi connectivity index (χ0n) is 14.2. The van der Waals surface area contributed by atoms with Crippen LogP contribution in [-0.4, -0.2) is 22.1 Å². The first kappa shape index (κ1) is 16.8. The molecule has 0 saturated carbocycles. The van der Waals surface area contributed by atoms with Crippen molar-refractivity contribution in [1.82, 2.24) is 9.55 Å². The summed E-state index contributed by atoms with van der Waals surface area (Å²) in [6, 6.07) is 15.5. The Hall–Kier alpha value is -3.08. The number of nitrogens with zero attached hydrogens (tertiary/aromatic N) is 2. The fraction of sp³-hybridized carbons (Fsp3) is 0.200. The Balaban J connectivity index is 1.56. The maximum atomic E-state index is 12.2. The Morgan fingerprint density at radius 1 is 1.16 bits per heavy atom. The number of aryl methyl sites for hydroxylation is 1. The first-order valence-corrected chi connectivity index (χ1v) is 8.35. The summed E-state index contributed by atoms with van der Waals surface area (Å²) in [6.45, 7) is 2.57. The molecule has 0 radical (unpaired) electrons. The molecule has 0 bridgehead atoms. The first-order valence-electron chi connectivity index (χ1n) is 8.35. The Bertz CT molecular complexity index is 811. The van der Waals surface area contributed by atoms with Crippen LogP contribution >= 0.6 is 0 Å². The highest BCUT2D eigenvalue weighted by Crippen LogP contribution is 2.20. The fourth-order valence-corrected chi connectivity index (χ4v) is 2.61. The number of nitrogens with one attached hydrogen (secondary N) is 1. The minimum atomic E-state index is -0.0123. The molecule has 1 heterocycles. The topological polar surface area (TPSA) is 56.1 Å². The maximum absolute atomic E-state index is 12.2. The summed E-state index contributed by atoms with van der Waals surface area (Å²) >= 11 is 0. The molecule has 3 aromatic rings. The van der Waals surface area contributed by atoms with Crippen molar-refractivity contribution in [3.8, 4) is 11.4 Å². The van der Waals surface area contributed by atoms with Crippen LogP contribution in [-0.2, 0) is 11.2 Å². The Labute approximate surface area is 147 Å². The molecule has 1 aromatic heterocycles. The molecule has 25 heavy (non-hydrogen) atoms. The number of hydrogen-bond acceptors (Lipinski definition) is 3. The number of imidazole rings is 1. The van der Waals surface area contributed by atoms with Crippen molar-refractivity contribution < 1.29 is 9.53 Å². The van der Waals surface area contributed by atoms with Gasteiger partial charge in [0.2, 0.25) is 5.91 Å². The van der Waals surface area contributed by atoms with Gasteiger partial charge in [0, 0.05) is 30.2 Å². The van der Waals surface area contributed by atoms with Crippen LogP contribution in [0.25, 0.3) is 5.69 Å². The summed E-state index contributed by atoms with van der Waals surface area (Å²) in [4.78, 5) is 16.2. The molecule has 0 unspecified atom stereocenters. The molecular weight excluding hydrogens is 314 g/mol. The molecule has 0 aliphatic carbocycles. The lowest BCUT2D eigenvalue weighted by Gasteiger charge is -2.10. The van der Waals surface area contributed by atoms with E-state index in [1.165, 1.54) is 0 Å². The van der Waals surface area contributed by atoms with Gasteiger partial charge in [-0.2, -0.15) is 0 Å². The van der Waals surface area contributed by atoms with Crippen molar-refractivity contribution in [2.45, 2.75) is 19.8 Å². The molecule has 0 spiro atoms. The lowest BCUT2D eigenvalue weighted by Crippen LogP contribution is -2.12.